The average molecular weight is 358 g/mol. The number of oxazole rings is 1. The van der Waals surface area contributed by atoms with E-state index in [-0.39, 0.29) is 35.9 Å². The summed E-state index contributed by atoms with van der Waals surface area (Å²) in [6, 6.07) is 5.79. The minimum absolute atomic E-state index is 0.0796. The number of para-hydroxylation sites is 1. The Labute approximate surface area is 149 Å². The van der Waals surface area contributed by atoms with Gasteiger partial charge in [-0.25, -0.2) is 9.37 Å². The highest BCUT2D eigenvalue weighted by molar-refractivity contribution is 5.92. The zero-order valence-electron chi connectivity index (χ0n) is 14.7. The van der Waals surface area contributed by atoms with Crippen molar-refractivity contribution < 1.29 is 18.3 Å². The van der Waals surface area contributed by atoms with Gasteiger partial charge in [0.05, 0.1) is 11.7 Å². The molecule has 8 heteroatoms. The predicted molar refractivity (Wildman–Crippen MR) is 91.2 cm³/mol. The number of amides is 1. The molecule has 0 saturated heterocycles. The molecule has 0 aliphatic carbocycles. The zero-order chi connectivity index (χ0) is 18.7. The number of aryl methyl sites for hydroxylation is 2. The summed E-state index contributed by atoms with van der Waals surface area (Å²) >= 11 is 0. The third kappa shape index (κ3) is 3.74. The lowest BCUT2D eigenvalue weighted by Gasteiger charge is -2.13. The van der Waals surface area contributed by atoms with Gasteiger partial charge in [-0.15, -0.1) is 0 Å². The number of carbonyl (C=O) groups excluding carboxylic acids is 1. The normalized spacial score (nSPS) is 12.0. The molecule has 3 aromatic rings. The van der Waals surface area contributed by atoms with Crippen LogP contribution in [0.25, 0.3) is 0 Å². The number of hydrogen-bond donors (Lipinski definition) is 2. The SMILES string of the molecule is Cc1n[nH]c(C)c1[C@H](C)NC(=O)c1coc(COc2ccccc2F)n1. The van der Waals surface area contributed by atoms with Crippen molar-refractivity contribution in [3.8, 4) is 5.75 Å². The Balaban J connectivity index is 1.62. The van der Waals surface area contributed by atoms with Crippen LogP contribution in [0.15, 0.2) is 34.9 Å². The molecule has 2 heterocycles. The smallest absolute Gasteiger partial charge is 0.273 e. The molecule has 26 heavy (non-hydrogen) atoms. The molecule has 1 amide bonds. The molecule has 0 aliphatic heterocycles. The predicted octanol–water partition coefficient (Wildman–Crippen LogP) is 3.22. The third-order valence-electron chi connectivity index (χ3n) is 3.94. The first-order valence-electron chi connectivity index (χ1n) is 8.09. The van der Waals surface area contributed by atoms with Gasteiger partial charge < -0.3 is 14.5 Å². The van der Waals surface area contributed by atoms with Crippen molar-refractivity contribution in [3.05, 3.63) is 64.9 Å². The van der Waals surface area contributed by atoms with Crippen LogP contribution in [0.3, 0.4) is 0 Å². The van der Waals surface area contributed by atoms with E-state index in [4.69, 9.17) is 9.15 Å². The molecule has 0 saturated carbocycles. The van der Waals surface area contributed by atoms with E-state index in [0.717, 1.165) is 17.0 Å². The van der Waals surface area contributed by atoms with Gasteiger partial charge in [-0.05, 0) is 32.9 Å². The number of nitrogens with one attached hydrogen (secondary N) is 2. The van der Waals surface area contributed by atoms with Gasteiger partial charge in [-0.2, -0.15) is 5.10 Å². The van der Waals surface area contributed by atoms with Crippen molar-refractivity contribution in [2.24, 2.45) is 0 Å². The Morgan fingerprint density at radius 1 is 1.38 bits per heavy atom. The highest BCUT2D eigenvalue weighted by Crippen LogP contribution is 2.20. The molecule has 1 atom stereocenters. The molecule has 0 unspecified atom stereocenters. The molecule has 7 nitrogen and oxygen atoms in total. The van der Waals surface area contributed by atoms with Crippen LogP contribution in [0, 0.1) is 19.7 Å². The van der Waals surface area contributed by atoms with E-state index in [1.54, 1.807) is 12.1 Å². The Morgan fingerprint density at radius 3 is 2.85 bits per heavy atom. The van der Waals surface area contributed by atoms with Crippen LogP contribution < -0.4 is 10.1 Å². The number of ether oxygens (including phenoxy) is 1. The van der Waals surface area contributed by atoms with Crippen molar-refractivity contribution in [1.29, 1.82) is 0 Å². The summed E-state index contributed by atoms with van der Waals surface area (Å²) < 4.78 is 24.1. The summed E-state index contributed by atoms with van der Waals surface area (Å²) in [5, 5.41) is 9.87. The first-order valence-corrected chi connectivity index (χ1v) is 8.09. The molecule has 0 radical (unpaired) electrons. The van der Waals surface area contributed by atoms with Crippen LogP contribution in [-0.4, -0.2) is 21.1 Å². The van der Waals surface area contributed by atoms with Crippen molar-refractivity contribution >= 4 is 5.91 Å². The van der Waals surface area contributed by atoms with Crippen molar-refractivity contribution in [2.75, 3.05) is 0 Å². The lowest BCUT2D eigenvalue weighted by atomic mass is 10.1. The number of rotatable bonds is 6. The Bertz CT molecular complexity index is 899. The van der Waals surface area contributed by atoms with Crippen molar-refractivity contribution in [2.45, 2.75) is 33.4 Å². The summed E-state index contributed by atoms with van der Waals surface area (Å²) in [6.07, 6.45) is 1.25. The maximum atomic E-state index is 13.5. The molecule has 3 rings (SSSR count). The van der Waals surface area contributed by atoms with Crippen LogP contribution in [0.4, 0.5) is 4.39 Å². The van der Waals surface area contributed by atoms with Crippen LogP contribution in [0.2, 0.25) is 0 Å². The fraction of sp³-hybridized carbons (Fsp3) is 0.278. The maximum Gasteiger partial charge on any atom is 0.273 e. The number of halogens is 1. The van der Waals surface area contributed by atoms with Crippen LogP contribution in [0.1, 0.15) is 46.3 Å². The van der Waals surface area contributed by atoms with Gasteiger partial charge in [0.1, 0.15) is 6.26 Å². The number of nitrogens with zero attached hydrogens (tertiary/aromatic N) is 2. The van der Waals surface area contributed by atoms with Gasteiger partial charge in [-0.1, -0.05) is 12.1 Å². The fourth-order valence-electron chi connectivity index (χ4n) is 2.72. The molecule has 1 aromatic carbocycles. The summed E-state index contributed by atoms with van der Waals surface area (Å²) in [5.74, 6) is -0.576. The van der Waals surface area contributed by atoms with Gasteiger partial charge in [-0.3, -0.25) is 9.89 Å². The second kappa shape index (κ2) is 7.38. The van der Waals surface area contributed by atoms with Crippen LogP contribution >= 0.6 is 0 Å². The number of aromatic amines is 1. The zero-order valence-corrected chi connectivity index (χ0v) is 14.7. The molecule has 136 valence electrons. The minimum Gasteiger partial charge on any atom is -0.481 e. The first-order chi connectivity index (χ1) is 12.5. The quantitative estimate of drug-likeness (QED) is 0.706. The lowest BCUT2D eigenvalue weighted by molar-refractivity contribution is 0.0934. The second-order valence-electron chi connectivity index (χ2n) is 5.89. The van der Waals surface area contributed by atoms with Crippen molar-refractivity contribution in [3.63, 3.8) is 0 Å². The fourth-order valence-corrected chi connectivity index (χ4v) is 2.72. The number of H-pyrrole nitrogens is 1. The molecule has 0 bridgehead atoms. The molecule has 2 N–H and O–H groups in total. The number of carbonyl (C=O) groups is 1. The second-order valence-corrected chi connectivity index (χ2v) is 5.89. The van der Waals surface area contributed by atoms with E-state index in [2.05, 4.69) is 20.5 Å². The van der Waals surface area contributed by atoms with Gasteiger partial charge in [0.2, 0.25) is 5.89 Å². The first kappa shape index (κ1) is 17.7. The highest BCUT2D eigenvalue weighted by Gasteiger charge is 2.19. The minimum atomic E-state index is -0.475. The largest absolute Gasteiger partial charge is 0.481 e. The van der Waals surface area contributed by atoms with Gasteiger partial charge in [0.15, 0.2) is 23.9 Å². The summed E-state index contributed by atoms with van der Waals surface area (Å²) in [7, 11) is 0. The number of aromatic nitrogens is 3. The van der Waals surface area contributed by atoms with E-state index < -0.39 is 5.82 Å². The van der Waals surface area contributed by atoms with E-state index >= 15 is 0 Å². The standard InChI is InChI=1S/C18H19FN4O3/c1-10(17-11(2)22-23-12(17)3)20-18(24)14-8-26-16(21-14)9-25-15-7-5-4-6-13(15)19/h4-8,10H,9H2,1-3H3,(H,20,24)(H,22,23)/t10-/m0/s1. The Hall–Kier alpha value is -3.16. The summed E-state index contributed by atoms with van der Waals surface area (Å²) in [6.45, 7) is 5.55. The van der Waals surface area contributed by atoms with Gasteiger partial charge >= 0.3 is 0 Å². The third-order valence-corrected chi connectivity index (χ3v) is 3.94. The topological polar surface area (TPSA) is 93.0 Å². The van der Waals surface area contributed by atoms with E-state index in [9.17, 15) is 9.18 Å². The van der Waals surface area contributed by atoms with Crippen LogP contribution in [-0.2, 0) is 6.61 Å². The molecule has 0 fully saturated rings. The van der Waals surface area contributed by atoms with Gasteiger partial charge in [0.25, 0.3) is 5.91 Å². The Kier molecular flexibility index (Phi) is 5.01. The molecule has 2 aromatic heterocycles. The molecular weight excluding hydrogens is 339 g/mol. The van der Waals surface area contributed by atoms with Gasteiger partial charge in [0, 0.05) is 11.3 Å². The monoisotopic (exact) mass is 358 g/mol. The van der Waals surface area contributed by atoms with E-state index in [0.29, 0.717) is 0 Å². The molecule has 0 spiro atoms. The Morgan fingerprint density at radius 2 is 2.15 bits per heavy atom. The van der Waals surface area contributed by atoms with Crippen LogP contribution in [0.5, 0.6) is 5.75 Å². The number of hydrogen-bond acceptors (Lipinski definition) is 5. The van der Waals surface area contributed by atoms with E-state index in [1.165, 1.54) is 18.4 Å². The highest BCUT2D eigenvalue weighted by atomic mass is 19.1. The number of benzene rings is 1. The lowest BCUT2D eigenvalue weighted by Crippen LogP contribution is -2.27. The molecule has 0 aliphatic rings. The molecular formula is C18H19FN4O3. The summed E-state index contributed by atoms with van der Waals surface area (Å²) in [4.78, 5) is 16.4. The van der Waals surface area contributed by atoms with E-state index in [1.807, 2.05) is 20.8 Å². The average Bonchev–Trinajstić information content (AvgIpc) is 3.21. The summed E-state index contributed by atoms with van der Waals surface area (Å²) in [5.41, 5.74) is 2.79. The maximum absolute atomic E-state index is 13.5. The van der Waals surface area contributed by atoms with Crippen molar-refractivity contribution in [1.82, 2.24) is 20.5 Å².